The minimum atomic E-state index is -1.18. The molecule has 0 fully saturated rings. The van der Waals surface area contributed by atoms with Gasteiger partial charge < -0.3 is 15.5 Å². The molecular weight excluding hydrogens is 358 g/mol. The van der Waals surface area contributed by atoms with Crippen LogP contribution in [-0.4, -0.2) is 34.1 Å². The predicted molar refractivity (Wildman–Crippen MR) is 111 cm³/mol. The van der Waals surface area contributed by atoms with E-state index in [2.05, 4.69) is 12.2 Å². The third-order valence-electron chi connectivity index (χ3n) is 5.04. The van der Waals surface area contributed by atoms with E-state index < -0.39 is 18.0 Å². The van der Waals surface area contributed by atoms with E-state index >= 15 is 0 Å². The summed E-state index contributed by atoms with van der Waals surface area (Å²) in [5.41, 5.74) is 0. The fourth-order valence-corrected chi connectivity index (χ4v) is 3.27. The van der Waals surface area contributed by atoms with Crippen LogP contribution < -0.4 is 5.32 Å². The van der Waals surface area contributed by atoms with Gasteiger partial charge in [0.25, 0.3) is 0 Å². The second-order valence-electron chi connectivity index (χ2n) is 7.74. The lowest BCUT2D eigenvalue weighted by molar-refractivity contribution is -0.143. The maximum Gasteiger partial charge on any atom is 0.326 e. The molecule has 0 aromatic rings. The molecule has 0 rings (SSSR count). The third-order valence-corrected chi connectivity index (χ3v) is 5.04. The second-order valence-corrected chi connectivity index (χ2v) is 7.74. The van der Waals surface area contributed by atoms with E-state index in [1.54, 1.807) is 0 Å². The van der Waals surface area contributed by atoms with Crippen molar-refractivity contribution in [1.82, 2.24) is 5.32 Å². The molecule has 6 heteroatoms. The van der Waals surface area contributed by atoms with Crippen molar-refractivity contribution < 1.29 is 24.6 Å². The van der Waals surface area contributed by atoms with Crippen LogP contribution in [0.3, 0.4) is 0 Å². The summed E-state index contributed by atoms with van der Waals surface area (Å²) in [6.07, 6.45) is 17.3. The maximum atomic E-state index is 11.8. The Morgan fingerprint density at radius 1 is 0.679 bits per heavy atom. The molecule has 0 aliphatic heterocycles. The molecule has 0 aliphatic carbocycles. The van der Waals surface area contributed by atoms with Crippen LogP contribution in [-0.2, 0) is 14.4 Å². The first-order valence-electron chi connectivity index (χ1n) is 11.2. The standard InChI is InChI=1S/C22H41NO5/c1-2-3-4-5-6-7-8-9-10-11-12-13-14-15-16-20(24)23-19(22(27)28)17-18-21(25)26/h19H,2-18H2,1H3,(H,23,24)(H,25,26)(H,27,28). The fourth-order valence-electron chi connectivity index (χ4n) is 3.27. The highest BCUT2D eigenvalue weighted by atomic mass is 16.4. The molecule has 0 radical (unpaired) electrons. The number of hydrogen-bond acceptors (Lipinski definition) is 3. The smallest absolute Gasteiger partial charge is 0.326 e. The van der Waals surface area contributed by atoms with E-state index in [4.69, 9.17) is 10.2 Å². The third kappa shape index (κ3) is 17.8. The van der Waals surface area contributed by atoms with Gasteiger partial charge in [0.15, 0.2) is 0 Å². The Hall–Kier alpha value is -1.59. The van der Waals surface area contributed by atoms with Crippen LogP contribution in [0.15, 0.2) is 0 Å². The zero-order valence-corrected chi connectivity index (χ0v) is 17.7. The summed E-state index contributed by atoms with van der Waals surface area (Å²) in [4.78, 5) is 33.4. The molecule has 0 aromatic heterocycles. The van der Waals surface area contributed by atoms with E-state index in [0.29, 0.717) is 6.42 Å². The molecule has 1 unspecified atom stereocenters. The Balaban J connectivity index is 3.48. The number of hydrogen-bond donors (Lipinski definition) is 3. The Morgan fingerprint density at radius 2 is 1.11 bits per heavy atom. The molecule has 0 aliphatic rings. The van der Waals surface area contributed by atoms with Gasteiger partial charge in [0.1, 0.15) is 6.04 Å². The van der Waals surface area contributed by atoms with Crippen LogP contribution in [0, 0.1) is 0 Å². The van der Waals surface area contributed by atoms with Crippen LogP contribution in [0.25, 0.3) is 0 Å². The first kappa shape index (κ1) is 26.4. The zero-order valence-electron chi connectivity index (χ0n) is 17.7. The zero-order chi connectivity index (χ0) is 21.0. The number of aliphatic carboxylic acids is 2. The van der Waals surface area contributed by atoms with Crippen molar-refractivity contribution in [3.63, 3.8) is 0 Å². The van der Waals surface area contributed by atoms with Gasteiger partial charge >= 0.3 is 11.9 Å². The van der Waals surface area contributed by atoms with Crippen LogP contribution in [0.2, 0.25) is 0 Å². The quantitative estimate of drug-likeness (QED) is 0.241. The molecule has 1 amide bonds. The Morgan fingerprint density at radius 3 is 1.50 bits per heavy atom. The van der Waals surface area contributed by atoms with Gasteiger partial charge in [0.05, 0.1) is 0 Å². The van der Waals surface area contributed by atoms with Gasteiger partial charge in [0, 0.05) is 12.8 Å². The minimum absolute atomic E-state index is 0.0881. The number of amides is 1. The number of carboxylic acids is 2. The summed E-state index contributed by atoms with van der Waals surface area (Å²) in [7, 11) is 0. The van der Waals surface area contributed by atoms with Crippen LogP contribution in [0.4, 0.5) is 0 Å². The Bertz CT molecular complexity index is 425. The largest absolute Gasteiger partial charge is 0.481 e. The molecule has 0 aromatic carbocycles. The second kappa shape index (κ2) is 18.8. The highest BCUT2D eigenvalue weighted by Crippen LogP contribution is 2.13. The highest BCUT2D eigenvalue weighted by molar-refractivity contribution is 5.83. The van der Waals surface area contributed by atoms with E-state index in [9.17, 15) is 14.4 Å². The lowest BCUT2D eigenvalue weighted by Crippen LogP contribution is -2.41. The van der Waals surface area contributed by atoms with Crippen LogP contribution >= 0.6 is 0 Å². The molecule has 0 heterocycles. The van der Waals surface area contributed by atoms with Gasteiger partial charge in [-0.2, -0.15) is 0 Å². The maximum absolute atomic E-state index is 11.8. The average Bonchev–Trinajstić information content (AvgIpc) is 2.65. The molecule has 3 N–H and O–H groups in total. The molecule has 0 bridgehead atoms. The topological polar surface area (TPSA) is 104 Å². The Labute approximate surface area is 170 Å². The lowest BCUT2D eigenvalue weighted by Gasteiger charge is -2.13. The van der Waals surface area contributed by atoms with Crippen molar-refractivity contribution in [2.24, 2.45) is 0 Å². The summed E-state index contributed by atoms with van der Waals surface area (Å²) in [5.74, 6) is -2.56. The summed E-state index contributed by atoms with van der Waals surface area (Å²) in [5, 5.41) is 20.1. The van der Waals surface area contributed by atoms with Gasteiger partial charge in [-0.15, -0.1) is 0 Å². The van der Waals surface area contributed by atoms with Crippen molar-refractivity contribution in [1.29, 1.82) is 0 Å². The summed E-state index contributed by atoms with van der Waals surface area (Å²) >= 11 is 0. The van der Waals surface area contributed by atoms with E-state index in [1.807, 2.05) is 0 Å². The Kier molecular flexibility index (Phi) is 17.7. The number of carboxylic acid groups (broad SMARTS) is 2. The SMILES string of the molecule is CCCCCCCCCCCCCCCCC(=O)NC(CCC(=O)O)C(=O)O. The molecule has 0 saturated heterocycles. The van der Waals surface area contributed by atoms with E-state index in [0.717, 1.165) is 19.3 Å². The summed E-state index contributed by atoms with van der Waals surface area (Å²) in [6, 6.07) is -1.12. The van der Waals surface area contributed by atoms with Gasteiger partial charge in [-0.25, -0.2) is 4.79 Å². The number of carbonyl (C=O) groups is 3. The lowest BCUT2D eigenvalue weighted by atomic mass is 10.0. The van der Waals surface area contributed by atoms with Gasteiger partial charge in [0.2, 0.25) is 5.91 Å². The van der Waals surface area contributed by atoms with Crippen molar-refractivity contribution in [2.45, 2.75) is 122 Å². The van der Waals surface area contributed by atoms with Gasteiger partial charge in [-0.3, -0.25) is 9.59 Å². The van der Waals surface area contributed by atoms with Gasteiger partial charge in [-0.1, -0.05) is 90.4 Å². The van der Waals surface area contributed by atoms with E-state index in [1.165, 1.54) is 70.6 Å². The molecule has 0 saturated carbocycles. The molecular formula is C22H41NO5. The summed E-state index contributed by atoms with van der Waals surface area (Å²) in [6.45, 7) is 2.24. The normalized spacial score (nSPS) is 11.9. The van der Waals surface area contributed by atoms with Gasteiger partial charge in [-0.05, 0) is 12.8 Å². The minimum Gasteiger partial charge on any atom is -0.481 e. The van der Waals surface area contributed by atoms with Crippen molar-refractivity contribution in [3.8, 4) is 0 Å². The molecule has 164 valence electrons. The monoisotopic (exact) mass is 399 g/mol. The van der Waals surface area contributed by atoms with Crippen LogP contribution in [0.5, 0.6) is 0 Å². The molecule has 6 nitrogen and oxygen atoms in total. The first-order valence-corrected chi connectivity index (χ1v) is 11.2. The highest BCUT2D eigenvalue weighted by Gasteiger charge is 2.20. The number of unbranched alkanes of at least 4 members (excludes halogenated alkanes) is 13. The fraction of sp³-hybridized carbons (Fsp3) is 0.864. The van der Waals surface area contributed by atoms with E-state index in [-0.39, 0.29) is 18.7 Å². The number of carbonyl (C=O) groups excluding carboxylic acids is 1. The molecule has 1 atom stereocenters. The molecule has 28 heavy (non-hydrogen) atoms. The van der Waals surface area contributed by atoms with Crippen molar-refractivity contribution >= 4 is 17.8 Å². The average molecular weight is 400 g/mol. The number of rotatable bonds is 20. The predicted octanol–water partition coefficient (Wildman–Crippen LogP) is 5.29. The van der Waals surface area contributed by atoms with Crippen molar-refractivity contribution in [3.05, 3.63) is 0 Å². The first-order chi connectivity index (χ1) is 13.5. The molecule has 0 spiro atoms. The number of nitrogens with one attached hydrogen (secondary N) is 1. The summed E-state index contributed by atoms with van der Waals surface area (Å²) < 4.78 is 0. The van der Waals surface area contributed by atoms with Crippen LogP contribution in [0.1, 0.15) is 116 Å². The van der Waals surface area contributed by atoms with Crippen molar-refractivity contribution in [2.75, 3.05) is 0 Å².